The van der Waals surface area contributed by atoms with E-state index in [1.165, 1.54) is 11.0 Å². The molecule has 0 bridgehead atoms. The van der Waals surface area contributed by atoms with Crippen LogP contribution in [0.25, 0.3) is 0 Å². The van der Waals surface area contributed by atoms with Crippen LogP contribution in [0.4, 0.5) is 10.1 Å². The fraction of sp³-hybridized carbons (Fsp3) is 0.158. The number of fused-ring (bicyclic) bond motifs is 1. The van der Waals surface area contributed by atoms with Crippen molar-refractivity contribution in [1.82, 2.24) is 14.8 Å². The SMILES string of the molecule is Cn1ncnc1C1C(=O)c2c(cc(F)cc2C(=O)O)NC1c1ccccc1. The topological polar surface area (TPSA) is 97.1 Å². The molecular formula is C19H15FN4O3. The molecule has 136 valence electrons. The molecule has 3 aromatic rings. The van der Waals surface area contributed by atoms with E-state index in [9.17, 15) is 19.1 Å². The molecule has 0 spiro atoms. The Morgan fingerprint density at radius 1 is 1.26 bits per heavy atom. The molecule has 1 aliphatic rings. The van der Waals surface area contributed by atoms with Gasteiger partial charge in [0.25, 0.3) is 0 Å². The van der Waals surface area contributed by atoms with E-state index in [1.54, 1.807) is 7.05 Å². The van der Waals surface area contributed by atoms with Gasteiger partial charge in [-0.15, -0.1) is 0 Å². The maximum Gasteiger partial charge on any atom is 0.336 e. The molecule has 7 nitrogen and oxygen atoms in total. The van der Waals surface area contributed by atoms with E-state index in [2.05, 4.69) is 15.4 Å². The summed E-state index contributed by atoms with van der Waals surface area (Å²) >= 11 is 0. The van der Waals surface area contributed by atoms with Crippen LogP contribution >= 0.6 is 0 Å². The Bertz CT molecular complexity index is 1050. The number of anilines is 1. The number of nitrogens with one attached hydrogen (secondary N) is 1. The number of halogens is 1. The van der Waals surface area contributed by atoms with Crippen LogP contribution in [0.15, 0.2) is 48.8 Å². The van der Waals surface area contributed by atoms with Crippen molar-refractivity contribution >= 4 is 17.4 Å². The van der Waals surface area contributed by atoms with Crippen molar-refractivity contribution < 1.29 is 19.1 Å². The van der Waals surface area contributed by atoms with E-state index >= 15 is 0 Å². The number of aromatic carboxylic acids is 1. The van der Waals surface area contributed by atoms with Crippen LogP contribution in [-0.2, 0) is 7.05 Å². The minimum Gasteiger partial charge on any atom is -0.478 e. The third kappa shape index (κ3) is 2.75. The Hall–Kier alpha value is -3.55. The molecule has 27 heavy (non-hydrogen) atoms. The first-order chi connectivity index (χ1) is 13.0. The van der Waals surface area contributed by atoms with E-state index in [4.69, 9.17) is 0 Å². The van der Waals surface area contributed by atoms with E-state index in [-0.39, 0.29) is 16.8 Å². The molecule has 1 aromatic heterocycles. The monoisotopic (exact) mass is 366 g/mol. The van der Waals surface area contributed by atoms with E-state index in [0.29, 0.717) is 5.82 Å². The molecule has 0 fully saturated rings. The molecular weight excluding hydrogens is 351 g/mol. The lowest BCUT2D eigenvalue weighted by Gasteiger charge is -2.34. The first-order valence-electron chi connectivity index (χ1n) is 8.24. The quantitative estimate of drug-likeness (QED) is 0.740. The number of nitrogens with zero attached hydrogens (tertiary/aromatic N) is 3. The van der Waals surface area contributed by atoms with Gasteiger partial charge < -0.3 is 10.4 Å². The summed E-state index contributed by atoms with van der Waals surface area (Å²) < 4.78 is 15.4. The Morgan fingerprint density at radius 3 is 2.63 bits per heavy atom. The molecule has 1 aliphatic heterocycles. The van der Waals surface area contributed by atoms with Gasteiger partial charge in [-0.25, -0.2) is 14.2 Å². The average molecular weight is 366 g/mol. The molecule has 2 atom stereocenters. The molecule has 0 saturated heterocycles. The summed E-state index contributed by atoms with van der Waals surface area (Å²) in [6.45, 7) is 0. The zero-order chi connectivity index (χ0) is 19.1. The largest absolute Gasteiger partial charge is 0.478 e. The fourth-order valence-electron chi connectivity index (χ4n) is 3.50. The summed E-state index contributed by atoms with van der Waals surface area (Å²) in [4.78, 5) is 29.2. The third-order valence-electron chi connectivity index (χ3n) is 4.69. The van der Waals surface area contributed by atoms with Crippen molar-refractivity contribution in [3.8, 4) is 0 Å². The van der Waals surface area contributed by atoms with Crippen LogP contribution in [0, 0.1) is 5.82 Å². The molecule has 2 aromatic carbocycles. The number of aromatic nitrogens is 3. The standard InChI is InChI=1S/C19H15FN4O3/c1-24-18(21-9-22-24)15-16(10-5-3-2-4-6-10)23-13-8-11(20)7-12(19(26)27)14(13)17(15)25/h2-9,15-16,23H,1H3,(H,26,27). The first-order valence-corrected chi connectivity index (χ1v) is 8.24. The molecule has 4 rings (SSSR count). The molecule has 2 N–H and O–H groups in total. The van der Waals surface area contributed by atoms with Crippen LogP contribution in [0.5, 0.6) is 0 Å². The second kappa shape index (κ2) is 6.31. The van der Waals surface area contributed by atoms with Gasteiger partial charge in [0.2, 0.25) is 0 Å². The van der Waals surface area contributed by atoms with Gasteiger partial charge in [-0.05, 0) is 17.7 Å². The second-order valence-electron chi connectivity index (χ2n) is 6.30. The third-order valence-corrected chi connectivity index (χ3v) is 4.69. The van der Waals surface area contributed by atoms with Gasteiger partial charge in [0.1, 0.15) is 23.9 Å². The van der Waals surface area contributed by atoms with E-state index < -0.39 is 29.5 Å². The number of carbonyl (C=O) groups excluding carboxylic acids is 1. The molecule has 8 heteroatoms. The summed E-state index contributed by atoms with van der Waals surface area (Å²) in [5.41, 5.74) is 0.528. The minimum absolute atomic E-state index is 0.0518. The minimum atomic E-state index is -1.37. The smallest absolute Gasteiger partial charge is 0.336 e. The van der Waals surface area contributed by atoms with Crippen molar-refractivity contribution in [3.05, 3.63) is 77.1 Å². The Labute approximate surface area is 153 Å². The first kappa shape index (κ1) is 16.9. The summed E-state index contributed by atoms with van der Waals surface area (Å²) in [6, 6.07) is 10.7. The van der Waals surface area contributed by atoms with Gasteiger partial charge in [0, 0.05) is 12.7 Å². The summed E-state index contributed by atoms with van der Waals surface area (Å²) in [5, 5.41) is 16.6. The van der Waals surface area contributed by atoms with E-state index in [0.717, 1.165) is 17.7 Å². The lowest BCUT2D eigenvalue weighted by atomic mass is 9.80. The number of carboxylic acid groups (broad SMARTS) is 1. The highest BCUT2D eigenvalue weighted by Gasteiger charge is 2.42. The molecule has 2 heterocycles. The van der Waals surface area contributed by atoms with Crippen LogP contribution in [-0.4, -0.2) is 31.6 Å². The Kier molecular flexibility index (Phi) is 3.95. The lowest BCUT2D eigenvalue weighted by Crippen LogP contribution is -2.35. The number of carbonyl (C=O) groups is 2. The predicted molar refractivity (Wildman–Crippen MR) is 94.2 cm³/mol. The van der Waals surface area contributed by atoms with Crippen LogP contribution < -0.4 is 5.32 Å². The summed E-state index contributed by atoms with van der Waals surface area (Å²) in [6.07, 6.45) is 1.34. The van der Waals surface area contributed by atoms with Gasteiger partial charge in [-0.2, -0.15) is 5.10 Å². The maximum atomic E-state index is 14.0. The molecule has 2 unspecified atom stereocenters. The van der Waals surface area contributed by atoms with Gasteiger partial charge in [0.15, 0.2) is 5.78 Å². The van der Waals surface area contributed by atoms with Crippen molar-refractivity contribution in [2.24, 2.45) is 7.05 Å². The number of Topliss-reactive ketones (excluding diaryl/α,β-unsaturated/α-hetero) is 1. The highest BCUT2D eigenvalue weighted by atomic mass is 19.1. The number of hydrogen-bond acceptors (Lipinski definition) is 5. The number of carboxylic acids is 1. The number of hydrogen-bond donors (Lipinski definition) is 2. The summed E-state index contributed by atoms with van der Waals surface area (Å²) in [7, 11) is 1.66. The normalized spacial score (nSPS) is 18.7. The number of rotatable bonds is 3. The van der Waals surface area contributed by atoms with Crippen molar-refractivity contribution in [2.45, 2.75) is 12.0 Å². The van der Waals surface area contributed by atoms with Gasteiger partial charge in [-0.3, -0.25) is 9.48 Å². The van der Waals surface area contributed by atoms with Crippen LogP contribution in [0.1, 0.15) is 44.1 Å². The highest BCUT2D eigenvalue weighted by Crippen LogP contribution is 2.43. The van der Waals surface area contributed by atoms with Gasteiger partial charge >= 0.3 is 5.97 Å². The number of benzene rings is 2. The number of aryl methyl sites for hydroxylation is 1. The zero-order valence-corrected chi connectivity index (χ0v) is 14.3. The van der Waals surface area contributed by atoms with Crippen LogP contribution in [0.3, 0.4) is 0 Å². The Balaban J connectivity index is 1.95. The zero-order valence-electron chi connectivity index (χ0n) is 14.3. The number of ketones is 1. The maximum absolute atomic E-state index is 14.0. The van der Waals surface area contributed by atoms with Gasteiger partial charge in [0.05, 0.1) is 17.2 Å². The molecule has 0 aliphatic carbocycles. The Morgan fingerprint density at radius 2 is 2.00 bits per heavy atom. The summed E-state index contributed by atoms with van der Waals surface area (Å²) in [5.74, 6) is -2.94. The highest BCUT2D eigenvalue weighted by molar-refractivity contribution is 6.14. The molecule has 0 amide bonds. The van der Waals surface area contributed by atoms with Crippen molar-refractivity contribution in [1.29, 1.82) is 0 Å². The lowest BCUT2D eigenvalue weighted by molar-refractivity contribution is 0.0690. The molecule has 0 radical (unpaired) electrons. The van der Waals surface area contributed by atoms with E-state index in [1.807, 2.05) is 30.3 Å². The van der Waals surface area contributed by atoms with Gasteiger partial charge in [-0.1, -0.05) is 30.3 Å². The fourth-order valence-corrected chi connectivity index (χ4v) is 3.50. The average Bonchev–Trinajstić information content (AvgIpc) is 3.06. The van der Waals surface area contributed by atoms with Crippen LogP contribution in [0.2, 0.25) is 0 Å². The second-order valence-corrected chi connectivity index (χ2v) is 6.30. The van der Waals surface area contributed by atoms with Crippen molar-refractivity contribution in [2.75, 3.05) is 5.32 Å². The van der Waals surface area contributed by atoms with Crippen molar-refractivity contribution in [3.63, 3.8) is 0 Å². The predicted octanol–water partition coefficient (Wildman–Crippen LogP) is 2.79. The molecule has 0 saturated carbocycles.